The Morgan fingerprint density at radius 3 is 3.18 bits per heavy atom. The van der Waals surface area contributed by atoms with Crippen LogP contribution in [0.3, 0.4) is 0 Å². The molecule has 0 aliphatic carbocycles. The first kappa shape index (κ1) is 16.3. The predicted octanol–water partition coefficient (Wildman–Crippen LogP) is 2.12. The van der Waals surface area contributed by atoms with E-state index in [4.69, 9.17) is 9.26 Å². The Morgan fingerprint density at radius 2 is 2.45 bits per heavy atom. The predicted molar refractivity (Wildman–Crippen MR) is 87.9 cm³/mol. The molecule has 8 heteroatoms. The molecule has 116 valence electrons. The SMILES string of the molecule is C=C/C=C\OCc1cc(C(=O)NCCn2ccnc2I)no1. The lowest BCUT2D eigenvalue weighted by atomic mass is 10.3. The highest BCUT2D eigenvalue weighted by Crippen LogP contribution is 2.06. The zero-order chi connectivity index (χ0) is 15.8. The molecule has 0 bridgehead atoms. The number of nitrogens with zero attached hydrogens (tertiary/aromatic N) is 3. The molecule has 0 aromatic carbocycles. The highest BCUT2D eigenvalue weighted by molar-refractivity contribution is 14.1. The second kappa shape index (κ2) is 8.37. The molecule has 0 fully saturated rings. The zero-order valence-electron chi connectivity index (χ0n) is 11.7. The lowest BCUT2D eigenvalue weighted by Crippen LogP contribution is -2.27. The number of rotatable bonds is 8. The van der Waals surface area contributed by atoms with Crippen molar-refractivity contribution in [3.63, 3.8) is 0 Å². The number of imidazole rings is 1. The minimum atomic E-state index is -0.285. The second-order valence-electron chi connectivity index (χ2n) is 4.20. The first-order valence-electron chi connectivity index (χ1n) is 6.50. The van der Waals surface area contributed by atoms with Gasteiger partial charge in [-0.15, -0.1) is 0 Å². The highest BCUT2D eigenvalue weighted by Gasteiger charge is 2.12. The van der Waals surface area contributed by atoms with E-state index in [9.17, 15) is 4.79 Å². The number of hydrogen-bond donors (Lipinski definition) is 1. The number of carbonyl (C=O) groups excluding carboxylic acids is 1. The molecule has 0 unspecified atom stereocenters. The van der Waals surface area contributed by atoms with Crippen molar-refractivity contribution in [1.82, 2.24) is 20.0 Å². The number of hydrogen-bond acceptors (Lipinski definition) is 5. The Hall–Kier alpha value is -2.10. The van der Waals surface area contributed by atoms with E-state index >= 15 is 0 Å². The Morgan fingerprint density at radius 1 is 1.59 bits per heavy atom. The number of halogens is 1. The van der Waals surface area contributed by atoms with Crippen molar-refractivity contribution in [1.29, 1.82) is 0 Å². The minimum Gasteiger partial charge on any atom is -0.493 e. The number of ether oxygens (including phenoxy) is 1. The van der Waals surface area contributed by atoms with Gasteiger partial charge in [0.05, 0.1) is 6.26 Å². The van der Waals surface area contributed by atoms with Crippen molar-refractivity contribution in [3.05, 3.63) is 58.7 Å². The van der Waals surface area contributed by atoms with E-state index in [1.165, 1.54) is 6.26 Å². The van der Waals surface area contributed by atoms with Crippen molar-refractivity contribution in [3.8, 4) is 0 Å². The van der Waals surface area contributed by atoms with Crippen LogP contribution in [0.1, 0.15) is 16.2 Å². The first-order chi connectivity index (χ1) is 10.7. The molecule has 2 heterocycles. The van der Waals surface area contributed by atoms with Gasteiger partial charge in [-0.25, -0.2) is 4.98 Å². The van der Waals surface area contributed by atoms with Gasteiger partial charge in [0.15, 0.2) is 15.3 Å². The molecule has 0 atom stereocenters. The standard InChI is InChI=1S/C14H15IN4O3/c1-2-3-8-21-10-11-9-12(18-22-11)13(20)16-4-6-19-7-5-17-14(19)15/h2-3,5,7-9H,1,4,6,10H2,(H,16,20)/b8-3-. The molecule has 0 saturated heterocycles. The van der Waals surface area contributed by atoms with Gasteiger partial charge >= 0.3 is 0 Å². The third-order valence-corrected chi connectivity index (χ3v) is 3.53. The van der Waals surface area contributed by atoms with Crippen molar-refractivity contribution in [2.24, 2.45) is 0 Å². The van der Waals surface area contributed by atoms with Crippen LogP contribution in [-0.4, -0.2) is 27.2 Å². The van der Waals surface area contributed by atoms with Gasteiger partial charge in [0.1, 0.15) is 6.61 Å². The topological polar surface area (TPSA) is 82.2 Å². The fourth-order valence-corrected chi connectivity index (χ4v) is 2.15. The second-order valence-corrected chi connectivity index (χ2v) is 5.16. The molecule has 2 rings (SSSR count). The van der Waals surface area contributed by atoms with E-state index < -0.39 is 0 Å². The Balaban J connectivity index is 1.77. The lowest BCUT2D eigenvalue weighted by molar-refractivity contribution is 0.0942. The molecule has 1 amide bonds. The van der Waals surface area contributed by atoms with Crippen LogP contribution in [0, 0.1) is 3.83 Å². The maximum absolute atomic E-state index is 11.9. The van der Waals surface area contributed by atoms with Gasteiger partial charge in [0.25, 0.3) is 5.91 Å². The summed E-state index contributed by atoms with van der Waals surface area (Å²) in [6, 6.07) is 1.55. The normalized spacial score (nSPS) is 10.8. The van der Waals surface area contributed by atoms with Crippen LogP contribution in [0.2, 0.25) is 0 Å². The van der Waals surface area contributed by atoms with Gasteiger partial charge in [0, 0.05) is 31.5 Å². The number of nitrogens with one attached hydrogen (secondary N) is 1. The summed E-state index contributed by atoms with van der Waals surface area (Å²) < 4.78 is 13.0. The van der Waals surface area contributed by atoms with Crippen molar-refractivity contribution >= 4 is 28.5 Å². The van der Waals surface area contributed by atoms with Crippen LogP contribution in [0.4, 0.5) is 0 Å². The maximum Gasteiger partial charge on any atom is 0.273 e. The summed E-state index contributed by atoms with van der Waals surface area (Å²) in [5.74, 6) is 0.190. The van der Waals surface area contributed by atoms with E-state index in [2.05, 4.69) is 44.6 Å². The molecule has 7 nitrogen and oxygen atoms in total. The van der Waals surface area contributed by atoms with Gasteiger partial charge in [0.2, 0.25) is 0 Å². The van der Waals surface area contributed by atoms with E-state index in [0.717, 1.165) is 3.83 Å². The summed E-state index contributed by atoms with van der Waals surface area (Å²) in [5, 5.41) is 6.49. The molecule has 2 aromatic heterocycles. The average molecular weight is 414 g/mol. The fraction of sp³-hybridized carbons (Fsp3) is 0.214. The van der Waals surface area contributed by atoms with Gasteiger partial charge in [-0.1, -0.05) is 17.8 Å². The zero-order valence-corrected chi connectivity index (χ0v) is 13.9. The van der Waals surface area contributed by atoms with Gasteiger partial charge < -0.3 is 19.1 Å². The lowest BCUT2D eigenvalue weighted by Gasteiger charge is -2.04. The molecule has 1 N–H and O–H groups in total. The molecule has 0 radical (unpaired) electrons. The van der Waals surface area contributed by atoms with E-state index in [1.54, 1.807) is 24.4 Å². The van der Waals surface area contributed by atoms with Crippen LogP contribution in [-0.2, 0) is 17.9 Å². The fourth-order valence-electron chi connectivity index (χ4n) is 1.59. The number of aromatic nitrogens is 3. The molecule has 0 spiro atoms. The largest absolute Gasteiger partial charge is 0.493 e. The van der Waals surface area contributed by atoms with Gasteiger partial charge in [-0.2, -0.15) is 0 Å². The van der Waals surface area contributed by atoms with Crippen LogP contribution in [0.25, 0.3) is 0 Å². The van der Waals surface area contributed by atoms with Crippen LogP contribution in [0.5, 0.6) is 0 Å². The molecular weight excluding hydrogens is 399 g/mol. The highest BCUT2D eigenvalue weighted by atomic mass is 127. The summed E-state index contributed by atoms with van der Waals surface area (Å²) in [6.07, 6.45) is 8.31. The molecular formula is C14H15IN4O3. The van der Waals surface area contributed by atoms with Crippen molar-refractivity contribution in [2.45, 2.75) is 13.2 Å². The summed E-state index contributed by atoms with van der Waals surface area (Å²) in [4.78, 5) is 16.0. The smallest absolute Gasteiger partial charge is 0.273 e. The summed E-state index contributed by atoms with van der Waals surface area (Å²) in [6.45, 7) is 4.85. The number of allylic oxidation sites excluding steroid dienone is 2. The Bertz CT molecular complexity index is 663. The van der Waals surface area contributed by atoms with Crippen LogP contribution < -0.4 is 5.32 Å². The van der Waals surface area contributed by atoms with Crippen molar-refractivity contribution < 1.29 is 14.1 Å². The van der Waals surface area contributed by atoms with Gasteiger partial charge in [-0.05, 0) is 28.7 Å². The Kier molecular flexibility index (Phi) is 6.19. The maximum atomic E-state index is 11.9. The third-order valence-electron chi connectivity index (χ3n) is 2.63. The van der Waals surface area contributed by atoms with E-state index in [-0.39, 0.29) is 18.2 Å². The summed E-state index contributed by atoms with van der Waals surface area (Å²) in [7, 11) is 0. The average Bonchev–Trinajstić information content (AvgIpc) is 3.13. The molecule has 0 aliphatic rings. The Labute approximate surface area is 141 Å². The van der Waals surface area contributed by atoms with Crippen molar-refractivity contribution in [2.75, 3.05) is 6.54 Å². The van der Waals surface area contributed by atoms with Crippen LogP contribution in [0.15, 0.2) is 48.0 Å². The summed E-state index contributed by atoms with van der Waals surface area (Å²) in [5.41, 5.74) is 0.228. The number of carbonyl (C=O) groups is 1. The third kappa shape index (κ3) is 4.72. The first-order valence-corrected chi connectivity index (χ1v) is 7.58. The molecule has 22 heavy (non-hydrogen) atoms. The molecule has 2 aromatic rings. The number of amides is 1. The van der Waals surface area contributed by atoms with Crippen LogP contribution >= 0.6 is 22.6 Å². The molecule has 0 aliphatic heterocycles. The van der Waals surface area contributed by atoms with E-state index in [1.807, 2.05) is 10.8 Å². The minimum absolute atomic E-state index is 0.206. The summed E-state index contributed by atoms with van der Waals surface area (Å²) >= 11 is 2.13. The van der Waals surface area contributed by atoms with Gasteiger partial charge in [-0.3, -0.25) is 4.79 Å². The molecule has 0 saturated carbocycles. The quantitative estimate of drug-likeness (QED) is 0.407. The van der Waals surface area contributed by atoms with E-state index in [0.29, 0.717) is 18.8 Å². The monoisotopic (exact) mass is 414 g/mol.